The van der Waals surface area contributed by atoms with Crippen LogP contribution in [0.2, 0.25) is 5.02 Å². The Morgan fingerprint density at radius 3 is 2.40 bits per heavy atom. The van der Waals surface area contributed by atoms with Crippen molar-refractivity contribution in [2.45, 2.75) is 56.6 Å². The summed E-state index contributed by atoms with van der Waals surface area (Å²) in [6.07, 6.45) is 5.67. The van der Waals surface area contributed by atoms with Gasteiger partial charge in [0.05, 0.1) is 17.4 Å². The van der Waals surface area contributed by atoms with Crippen molar-refractivity contribution in [2.24, 2.45) is 0 Å². The minimum atomic E-state index is -3.65. The van der Waals surface area contributed by atoms with Gasteiger partial charge in [-0.2, -0.15) is 0 Å². The van der Waals surface area contributed by atoms with Crippen molar-refractivity contribution in [2.75, 3.05) is 0 Å². The molecule has 0 amide bonds. The lowest BCUT2D eigenvalue weighted by Crippen LogP contribution is -2.40. The first kappa shape index (κ1) is 18.1. The molecular formula is C15H19ClN4O4S. The molecule has 0 bridgehead atoms. The molecule has 0 spiro atoms. The van der Waals surface area contributed by atoms with E-state index in [9.17, 15) is 8.42 Å². The standard InChI is InChI=1S/C15H19ClN4O4S/c1-9-14(10(2)24-19-9)25(21,22)20-12-3-5-13(6-4-12)23-15-17-7-11(16)8-18-15/h7-8,12-13,20H,3-6H2,1-2H3. The summed E-state index contributed by atoms with van der Waals surface area (Å²) in [4.78, 5) is 8.15. The van der Waals surface area contributed by atoms with Crippen LogP contribution in [0.5, 0.6) is 6.01 Å². The zero-order chi connectivity index (χ0) is 18.0. The predicted molar refractivity (Wildman–Crippen MR) is 90.0 cm³/mol. The maximum atomic E-state index is 12.5. The van der Waals surface area contributed by atoms with Gasteiger partial charge in [0.25, 0.3) is 0 Å². The fourth-order valence-corrected chi connectivity index (χ4v) is 4.68. The fourth-order valence-electron chi connectivity index (χ4n) is 2.95. The van der Waals surface area contributed by atoms with Gasteiger partial charge in [0, 0.05) is 6.04 Å². The quantitative estimate of drug-likeness (QED) is 0.840. The molecule has 0 unspecified atom stereocenters. The highest BCUT2D eigenvalue weighted by Crippen LogP contribution is 2.25. The van der Waals surface area contributed by atoms with E-state index in [-0.39, 0.29) is 23.1 Å². The first-order chi connectivity index (χ1) is 11.8. The first-order valence-corrected chi connectivity index (χ1v) is 9.80. The van der Waals surface area contributed by atoms with Crippen molar-refractivity contribution in [1.82, 2.24) is 19.8 Å². The van der Waals surface area contributed by atoms with E-state index in [2.05, 4.69) is 19.8 Å². The summed E-state index contributed by atoms with van der Waals surface area (Å²) in [6.45, 7) is 3.20. The summed E-state index contributed by atoms with van der Waals surface area (Å²) in [5.74, 6) is 0.293. The van der Waals surface area contributed by atoms with Gasteiger partial charge in [-0.15, -0.1) is 0 Å². The molecule has 25 heavy (non-hydrogen) atoms. The Balaban J connectivity index is 1.56. The maximum Gasteiger partial charge on any atom is 0.316 e. The Morgan fingerprint density at radius 2 is 1.84 bits per heavy atom. The van der Waals surface area contributed by atoms with Crippen molar-refractivity contribution < 1.29 is 17.7 Å². The molecule has 2 aromatic heterocycles. The van der Waals surface area contributed by atoms with Crippen molar-refractivity contribution in [3.63, 3.8) is 0 Å². The van der Waals surface area contributed by atoms with Gasteiger partial charge in [0.15, 0.2) is 5.76 Å². The van der Waals surface area contributed by atoms with E-state index in [0.717, 1.165) is 0 Å². The van der Waals surface area contributed by atoms with Gasteiger partial charge in [-0.05, 0) is 39.5 Å². The van der Waals surface area contributed by atoms with Crippen LogP contribution in [-0.4, -0.2) is 35.7 Å². The van der Waals surface area contributed by atoms with Gasteiger partial charge in [-0.3, -0.25) is 0 Å². The van der Waals surface area contributed by atoms with E-state index in [0.29, 0.717) is 42.2 Å². The Morgan fingerprint density at radius 1 is 1.20 bits per heavy atom. The average Bonchev–Trinajstić information content (AvgIpc) is 2.91. The largest absolute Gasteiger partial charge is 0.460 e. The topological polar surface area (TPSA) is 107 Å². The number of hydrogen-bond acceptors (Lipinski definition) is 7. The number of rotatable bonds is 5. The molecule has 0 atom stereocenters. The number of nitrogens with one attached hydrogen (secondary N) is 1. The lowest BCUT2D eigenvalue weighted by atomic mass is 9.94. The molecule has 1 fully saturated rings. The summed E-state index contributed by atoms with van der Waals surface area (Å²) < 4.78 is 38.5. The number of halogens is 1. The molecular weight excluding hydrogens is 368 g/mol. The number of ether oxygens (including phenoxy) is 1. The highest BCUT2D eigenvalue weighted by molar-refractivity contribution is 7.89. The minimum Gasteiger partial charge on any atom is -0.460 e. The van der Waals surface area contributed by atoms with Crippen LogP contribution in [-0.2, 0) is 10.0 Å². The van der Waals surface area contributed by atoms with Crippen LogP contribution in [0.4, 0.5) is 0 Å². The molecule has 1 saturated carbocycles. The third kappa shape index (κ3) is 4.28. The molecule has 10 heteroatoms. The Labute approximate surface area is 151 Å². The summed E-state index contributed by atoms with van der Waals surface area (Å²) in [5, 5.41) is 4.15. The molecule has 0 aromatic carbocycles. The monoisotopic (exact) mass is 386 g/mol. The third-order valence-electron chi connectivity index (χ3n) is 4.10. The van der Waals surface area contributed by atoms with Crippen LogP contribution >= 0.6 is 11.6 Å². The molecule has 3 rings (SSSR count). The van der Waals surface area contributed by atoms with E-state index in [4.69, 9.17) is 20.9 Å². The number of nitrogens with zero attached hydrogens (tertiary/aromatic N) is 3. The van der Waals surface area contributed by atoms with Crippen LogP contribution < -0.4 is 9.46 Å². The van der Waals surface area contributed by atoms with Crippen molar-refractivity contribution >= 4 is 21.6 Å². The Bertz CT molecular complexity index is 810. The van der Waals surface area contributed by atoms with Gasteiger partial charge in [-0.1, -0.05) is 16.8 Å². The minimum absolute atomic E-state index is 0.0407. The van der Waals surface area contributed by atoms with Crippen molar-refractivity contribution in [1.29, 1.82) is 0 Å². The van der Waals surface area contributed by atoms with E-state index in [1.807, 2.05) is 0 Å². The molecule has 2 heterocycles. The van der Waals surface area contributed by atoms with Gasteiger partial charge in [-0.25, -0.2) is 23.1 Å². The van der Waals surface area contributed by atoms with Gasteiger partial charge < -0.3 is 9.26 Å². The van der Waals surface area contributed by atoms with Crippen LogP contribution in [0.1, 0.15) is 37.1 Å². The highest BCUT2D eigenvalue weighted by Gasteiger charge is 2.30. The second kappa shape index (κ2) is 7.27. The molecule has 0 saturated heterocycles. The normalized spacial score (nSPS) is 21.2. The number of aromatic nitrogens is 3. The molecule has 1 aliphatic rings. The van der Waals surface area contributed by atoms with Crippen LogP contribution in [0.25, 0.3) is 0 Å². The third-order valence-corrected chi connectivity index (χ3v) is 6.06. The molecule has 136 valence electrons. The van der Waals surface area contributed by atoms with Gasteiger partial charge >= 0.3 is 6.01 Å². The molecule has 0 radical (unpaired) electrons. The molecule has 2 aromatic rings. The van der Waals surface area contributed by atoms with Crippen LogP contribution in [0, 0.1) is 13.8 Å². The number of hydrogen-bond donors (Lipinski definition) is 1. The second-order valence-corrected chi connectivity index (χ2v) is 8.14. The Kier molecular flexibility index (Phi) is 5.26. The summed E-state index contributed by atoms with van der Waals surface area (Å²) in [7, 11) is -3.65. The molecule has 1 N–H and O–H groups in total. The zero-order valence-corrected chi connectivity index (χ0v) is 15.5. The summed E-state index contributed by atoms with van der Waals surface area (Å²) in [5.41, 5.74) is 0.363. The Hall–Kier alpha value is -1.71. The van der Waals surface area contributed by atoms with E-state index < -0.39 is 10.0 Å². The maximum absolute atomic E-state index is 12.5. The zero-order valence-electron chi connectivity index (χ0n) is 13.9. The van der Waals surface area contributed by atoms with Crippen LogP contribution in [0.3, 0.4) is 0 Å². The number of sulfonamides is 1. The van der Waals surface area contributed by atoms with Gasteiger partial charge in [0.1, 0.15) is 16.7 Å². The summed E-state index contributed by atoms with van der Waals surface area (Å²) in [6, 6.07) is 0.133. The molecule has 8 nitrogen and oxygen atoms in total. The van der Waals surface area contributed by atoms with Crippen molar-refractivity contribution in [3.8, 4) is 6.01 Å². The smallest absolute Gasteiger partial charge is 0.316 e. The van der Waals surface area contributed by atoms with E-state index >= 15 is 0 Å². The lowest BCUT2D eigenvalue weighted by Gasteiger charge is -2.28. The highest BCUT2D eigenvalue weighted by atomic mass is 35.5. The predicted octanol–water partition coefficient (Wildman–Crippen LogP) is 2.40. The second-order valence-electron chi connectivity index (χ2n) is 6.05. The van der Waals surface area contributed by atoms with Gasteiger partial charge in [0.2, 0.25) is 10.0 Å². The SMILES string of the molecule is Cc1noc(C)c1S(=O)(=O)NC1CCC(Oc2ncc(Cl)cn2)CC1. The fraction of sp³-hybridized carbons (Fsp3) is 0.533. The van der Waals surface area contributed by atoms with E-state index in [1.54, 1.807) is 13.8 Å². The van der Waals surface area contributed by atoms with E-state index in [1.165, 1.54) is 12.4 Å². The summed E-state index contributed by atoms with van der Waals surface area (Å²) >= 11 is 5.74. The van der Waals surface area contributed by atoms with Crippen LogP contribution in [0.15, 0.2) is 21.8 Å². The lowest BCUT2D eigenvalue weighted by molar-refractivity contribution is 0.132. The first-order valence-electron chi connectivity index (χ1n) is 7.94. The van der Waals surface area contributed by atoms with Crippen molar-refractivity contribution in [3.05, 3.63) is 28.9 Å². The molecule has 0 aliphatic heterocycles. The number of aryl methyl sites for hydroxylation is 2. The average molecular weight is 387 g/mol. The molecule has 1 aliphatic carbocycles.